The molecule has 4 N–H and O–H groups in total. The minimum atomic E-state index is -4.75. The number of nitrogens with two attached hydrogens (primary N) is 1. The SMILES string of the molecule is CNC1CCC(Cc2cc(-c3ccc(C(O)C(F)(F)F)cc3)ccc2F)(C(N)=O)CC1. The average Bonchev–Trinajstić information content (AvgIpc) is 2.74. The second-order valence-electron chi connectivity index (χ2n) is 8.26. The van der Waals surface area contributed by atoms with Gasteiger partial charge in [0.2, 0.25) is 5.91 Å². The average molecular weight is 438 g/mol. The number of halogens is 4. The summed E-state index contributed by atoms with van der Waals surface area (Å²) in [5, 5.41) is 12.6. The van der Waals surface area contributed by atoms with Crippen molar-refractivity contribution in [2.45, 2.75) is 50.4 Å². The summed E-state index contributed by atoms with van der Waals surface area (Å²) >= 11 is 0. The van der Waals surface area contributed by atoms with Gasteiger partial charge in [-0.2, -0.15) is 13.2 Å². The summed E-state index contributed by atoms with van der Waals surface area (Å²) in [6, 6.07) is 10.0. The first-order valence-corrected chi connectivity index (χ1v) is 10.2. The molecule has 0 aromatic heterocycles. The molecule has 168 valence electrons. The highest BCUT2D eigenvalue weighted by Gasteiger charge is 2.41. The first-order valence-electron chi connectivity index (χ1n) is 10.2. The van der Waals surface area contributed by atoms with E-state index in [4.69, 9.17) is 5.73 Å². The van der Waals surface area contributed by atoms with Crippen LogP contribution in [-0.4, -0.2) is 30.3 Å². The van der Waals surface area contributed by atoms with E-state index in [9.17, 15) is 27.5 Å². The zero-order valence-electron chi connectivity index (χ0n) is 17.2. The van der Waals surface area contributed by atoms with Crippen molar-refractivity contribution in [3.05, 3.63) is 59.4 Å². The van der Waals surface area contributed by atoms with Crippen LogP contribution in [0.3, 0.4) is 0 Å². The van der Waals surface area contributed by atoms with Gasteiger partial charge >= 0.3 is 6.18 Å². The topological polar surface area (TPSA) is 75.3 Å². The maximum absolute atomic E-state index is 14.6. The van der Waals surface area contributed by atoms with E-state index in [1.807, 2.05) is 7.05 Å². The Morgan fingerprint density at radius 1 is 1.16 bits per heavy atom. The highest BCUT2D eigenvalue weighted by atomic mass is 19.4. The standard InChI is InChI=1S/C23H26F4N2O2/c1-29-18-8-10-22(11-9-18,21(28)31)13-17-12-16(6-7-19(17)24)14-2-4-15(5-3-14)20(30)23(25,26)27/h2-7,12,18,20,29-30H,8-11,13H2,1H3,(H2,28,31). The molecule has 8 heteroatoms. The Balaban J connectivity index is 1.86. The third-order valence-electron chi connectivity index (χ3n) is 6.32. The zero-order chi connectivity index (χ0) is 22.8. The molecule has 1 unspecified atom stereocenters. The second kappa shape index (κ2) is 8.96. The summed E-state index contributed by atoms with van der Waals surface area (Å²) in [6.45, 7) is 0. The molecule has 2 aromatic rings. The number of hydrogen-bond acceptors (Lipinski definition) is 3. The van der Waals surface area contributed by atoms with E-state index < -0.39 is 29.4 Å². The van der Waals surface area contributed by atoms with Crippen LogP contribution >= 0.6 is 0 Å². The van der Waals surface area contributed by atoms with E-state index in [-0.39, 0.29) is 12.0 Å². The van der Waals surface area contributed by atoms with E-state index >= 15 is 0 Å². The summed E-state index contributed by atoms with van der Waals surface area (Å²) < 4.78 is 52.7. The lowest BCUT2D eigenvalue weighted by molar-refractivity contribution is -0.206. The molecule has 2 aromatic carbocycles. The number of alkyl halides is 3. The molecule has 1 aliphatic rings. The molecule has 0 aliphatic heterocycles. The maximum Gasteiger partial charge on any atom is 0.418 e. The Morgan fingerprint density at radius 2 is 1.74 bits per heavy atom. The van der Waals surface area contributed by atoms with Gasteiger partial charge in [-0.1, -0.05) is 30.3 Å². The Morgan fingerprint density at radius 3 is 2.26 bits per heavy atom. The lowest BCUT2D eigenvalue weighted by atomic mass is 9.68. The maximum atomic E-state index is 14.6. The predicted molar refractivity (Wildman–Crippen MR) is 109 cm³/mol. The summed E-state index contributed by atoms with van der Waals surface area (Å²) in [4.78, 5) is 12.3. The van der Waals surface area contributed by atoms with E-state index in [1.165, 1.54) is 36.4 Å². The van der Waals surface area contributed by atoms with Crippen LogP contribution in [0.15, 0.2) is 42.5 Å². The lowest BCUT2D eigenvalue weighted by Gasteiger charge is -2.38. The number of carbonyl (C=O) groups is 1. The van der Waals surface area contributed by atoms with Crippen LogP contribution in [0.1, 0.15) is 42.9 Å². The number of hydrogen-bond donors (Lipinski definition) is 3. The van der Waals surface area contributed by atoms with Crippen molar-refractivity contribution < 1.29 is 27.5 Å². The molecule has 0 saturated heterocycles. The summed E-state index contributed by atoms with van der Waals surface area (Å²) in [5.41, 5.74) is 6.15. The van der Waals surface area contributed by atoms with E-state index in [2.05, 4.69) is 5.32 Å². The Bertz CT molecular complexity index is 920. The van der Waals surface area contributed by atoms with Crippen molar-refractivity contribution >= 4 is 5.91 Å². The normalized spacial score (nSPS) is 22.8. The zero-order valence-corrected chi connectivity index (χ0v) is 17.2. The molecule has 0 heterocycles. The van der Waals surface area contributed by atoms with Crippen molar-refractivity contribution in [2.75, 3.05) is 7.05 Å². The predicted octanol–water partition coefficient (Wildman–Crippen LogP) is 4.26. The Kier molecular flexibility index (Phi) is 6.71. The van der Waals surface area contributed by atoms with Gasteiger partial charge in [-0.15, -0.1) is 0 Å². The van der Waals surface area contributed by atoms with Gasteiger partial charge in [-0.25, -0.2) is 4.39 Å². The number of benzene rings is 2. The van der Waals surface area contributed by atoms with Gasteiger partial charge in [0.1, 0.15) is 5.82 Å². The monoisotopic (exact) mass is 438 g/mol. The molecule has 0 bridgehead atoms. The van der Waals surface area contributed by atoms with Crippen LogP contribution in [-0.2, 0) is 11.2 Å². The number of aliphatic hydroxyl groups is 1. The van der Waals surface area contributed by atoms with Crippen molar-refractivity contribution in [3.63, 3.8) is 0 Å². The van der Waals surface area contributed by atoms with Crippen molar-refractivity contribution in [2.24, 2.45) is 11.1 Å². The summed E-state index contributed by atoms with van der Waals surface area (Å²) in [5.74, 6) is -0.901. The van der Waals surface area contributed by atoms with Crippen molar-refractivity contribution in [1.82, 2.24) is 5.32 Å². The number of primary amides is 1. The van der Waals surface area contributed by atoms with Gasteiger partial charge in [0, 0.05) is 6.04 Å². The molecule has 1 amide bonds. The molecular formula is C23H26F4N2O2. The first-order chi connectivity index (χ1) is 14.6. The number of amides is 1. The summed E-state index contributed by atoms with van der Waals surface area (Å²) in [6.07, 6.45) is -4.49. The van der Waals surface area contributed by atoms with E-state index in [1.54, 1.807) is 6.07 Å². The van der Waals surface area contributed by atoms with Gasteiger partial charge in [0.25, 0.3) is 0 Å². The van der Waals surface area contributed by atoms with Gasteiger partial charge in [0.15, 0.2) is 6.10 Å². The molecule has 1 saturated carbocycles. The quantitative estimate of drug-likeness (QED) is 0.590. The van der Waals surface area contributed by atoms with Crippen LogP contribution in [0.25, 0.3) is 11.1 Å². The largest absolute Gasteiger partial charge is 0.418 e. The number of carbonyl (C=O) groups excluding carboxylic acids is 1. The molecular weight excluding hydrogens is 412 g/mol. The highest BCUT2D eigenvalue weighted by molar-refractivity contribution is 5.81. The Hall–Kier alpha value is -2.45. The molecule has 3 rings (SSSR count). The fraction of sp³-hybridized carbons (Fsp3) is 0.435. The molecule has 0 radical (unpaired) electrons. The third kappa shape index (κ3) is 5.07. The van der Waals surface area contributed by atoms with Gasteiger partial charge in [-0.05, 0) is 73.5 Å². The number of nitrogens with one attached hydrogen (secondary N) is 1. The third-order valence-corrected chi connectivity index (χ3v) is 6.32. The fourth-order valence-electron chi connectivity index (χ4n) is 4.27. The van der Waals surface area contributed by atoms with E-state index in [0.29, 0.717) is 35.6 Å². The van der Waals surface area contributed by atoms with Crippen molar-refractivity contribution in [3.8, 4) is 11.1 Å². The second-order valence-corrected chi connectivity index (χ2v) is 8.26. The van der Waals surface area contributed by atoms with Gasteiger partial charge in [0.05, 0.1) is 5.41 Å². The minimum absolute atomic E-state index is 0.170. The highest BCUT2D eigenvalue weighted by Crippen LogP contribution is 2.40. The van der Waals surface area contributed by atoms with Crippen LogP contribution in [0, 0.1) is 11.2 Å². The van der Waals surface area contributed by atoms with Crippen LogP contribution in [0.2, 0.25) is 0 Å². The fourth-order valence-corrected chi connectivity index (χ4v) is 4.27. The lowest BCUT2D eigenvalue weighted by Crippen LogP contribution is -2.45. The summed E-state index contributed by atoms with van der Waals surface area (Å²) in [7, 11) is 1.87. The van der Waals surface area contributed by atoms with E-state index in [0.717, 1.165) is 12.8 Å². The minimum Gasteiger partial charge on any atom is -0.379 e. The first kappa shape index (κ1) is 23.2. The van der Waals surface area contributed by atoms with Crippen molar-refractivity contribution in [1.29, 1.82) is 0 Å². The molecule has 0 spiro atoms. The number of rotatable bonds is 6. The molecule has 1 atom stereocenters. The van der Waals surface area contributed by atoms with Gasteiger partial charge in [-0.3, -0.25) is 4.79 Å². The molecule has 4 nitrogen and oxygen atoms in total. The van der Waals surface area contributed by atoms with Gasteiger partial charge < -0.3 is 16.2 Å². The smallest absolute Gasteiger partial charge is 0.379 e. The van der Waals surface area contributed by atoms with Crippen LogP contribution < -0.4 is 11.1 Å². The van der Waals surface area contributed by atoms with Crippen LogP contribution in [0.5, 0.6) is 0 Å². The van der Waals surface area contributed by atoms with Crippen LogP contribution in [0.4, 0.5) is 17.6 Å². The molecule has 1 fully saturated rings. The molecule has 1 aliphatic carbocycles. The Labute approximate surface area is 178 Å². The number of aliphatic hydroxyl groups excluding tert-OH is 1. The molecule has 31 heavy (non-hydrogen) atoms.